The highest BCUT2D eigenvalue weighted by molar-refractivity contribution is 5.37. The third kappa shape index (κ3) is 3.32. The van der Waals surface area contributed by atoms with Gasteiger partial charge >= 0.3 is 0 Å². The fourth-order valence-electron chi connectivity index (χ4n) is 2.77. The first-order valence-electron chi connectivity index (χ1n) is 7.51. The van der Waals surface area contributed by atoms with Crippen LogP contribution >= 0.6 is 0 Å². The number of ether oxygens (including phenoxy) is 1. The predicted molar refractivity (Wildman–Crippen MR) is 83.7 cm³/mol. The van der Waals surface area contributed by atoms with E-state index in [-0.39, 0.29) is 0 Å². The van der Waals surface area contributed by atoms with E-state index in [1.165, 1.54) is 30.4 Å². The van der Waals surface area contributed by atoms with Crippen LogP contribution in [-0.4, -0.2) is 17.0 Å². The Kier molecular flexibility index (Phi) is 4.04. The summed E-state index contributed by atoms with van der Waals surface area (Å²) in [6, 6.07) is 8.34. The zero-order valence-electron chi connectivity index (χ0n) is 12.6. The highest BCUT2D eigenvalue weighted by atomic mass is 16.5. The lowest BCUT2D eigenvalue weighted by Gasteiger charge is -2.16. The summed E-state index contributed by atoms with van der Waals surface area (Å²) in [6.07, 6.45) is 4.94. The standard InChI is InChI=1S/C17H21N3O/c1-12-9-16(18-2)20-17(19-12)11-21-15-8-7-13-5-3-4-6-14(13)10-15/h7-10H,3-6,11H2,1-2H3,(H,18,19,20). The van der Waals surface area contributed by atoms with Gasteiger partial charge in [0.1, 0.15) is 18.2 Å². The summed E-state index contributed by atoms with van der Waals surface area (Å²) in [5, 5.41) is 3.04. The van der Waals surface area contributed by atoms with Gasteiger partial charge in [-0.25, -0.2) is 9.97 Å². The van der Waals surface area contributed by atoms with Crippen LogP contribution in [0.25, 0.3) is 0 Å². The van der Waals surface area contributed by atoms with Crippen molar-refractivity contribution in [1.82, 2.24) is 9.97 Å². The maximum atomic E-state index is 5.86. The topological polar surface area (TPSA) is 47.0 Å². The van der Waals surface area contributed by atoms with Crippen molar-refractivity contribution < 1.29 is 4.74 Å². The number of benzene rings is 1. The van der Waals surface area contributed by atoms with Gasteiger partial charge in [0.25, 0.3) is 0 Å². The summed E-state index contributed by atoms with van der Waals surface area (Å²) < 4.78 is 5.86. The molecule has 1 heterocycles. The van der Waals surface area contributed by atoms with Gasteiger partial charge in [-0.15, -0.1) is 0 Å². The lowest BCUT2D eigenvalue weighted by atomic mass is 9.92. The van der Waals surface area contributed by atoms with Gasteiger partial charge in [-0.2, -0.15) is 0 Å². The molecule has 4 nitrogen and oxygen atoms in total. The molecule has 1 aliphatic carbocycles. The Hall–Kier alpha value is -2.10. The van der Waals surface area contributed by atoms with E-state index in [4.69, 9.17) is 4.74 Å². The molecule has 0 aliphatic heterocycles. The van der Waals surface area contributed by atoms with E-state index in [1.54, 1.807) is 0 Å². The molecule has 0 fully saturated rings. The highest BCUT2D eigenvalue weighted by Gasteiger charge is 2.10. The quantitative estimate of drug-likeness (QED) is 0.935. The molecule has 0 spiro atoms. The van der Waals surface area contributed by atoms with Crippen molar-refractivity contribution in [3.05, 3.63) is 46.9 Å². The molecule has 4 heteroatoms. The summed E-state index contributed by atoms with van der Waals surface area (Å²) in [5.41, 5.74) is 3.84. The molecule has 0 saturated carbocycles. The molecular formula is C17H21N3O. The van der Waals surface area contributed by atoms with Gasteiger partial charge in [0, 0.05) is 18.8 Å². The smallest absolute Gasteiger partial charge is 0.168 e. The molecule has 21 heavy (non-hydrogen) atoms. The number of hydrogen-bond acceptors (Lipinski definition) is 4. The summed E-state index contributed by atoms with van der Waals surface area (Å²) in [7, 11) is 1.86. The van der Waals surface area contributed by atoms with Gasteiger partial charge < -0.3 is 10.1 Å². The Morgan fingerprint density at radius 1 is 1.10 bits per heavy atom. The first-order valence-corrected chi connectivity index (χ1v) is 7.51. The normalized spacial score (nSPS) is 13.6. The van der Waals surface area contributed by atoms with Crippen LogP contribution in [0.1, 0.15) is 35.5 Å². The maximum Gasteiger partial charge on any atom is 0.168 e. The fourth-order valence-corrected chi connectivity index (χ4v) is 2.77. The average Bonchev–Trinajstić information content (AvgIpc) is 2.52. The summed E-state index contributed by atoms with van der Waals surface area (Å²) in [6.45, 7) is 2.36. The van der Waals surface area contributed by atoms with Crippen molar-refractivity contribution in [3.8, 4) is 5.75 Å². The van der Waals surface area contributed by atoms with E-state index < -0.39 is 0 Å². The Morgan fingerprint density at radius 3 is 2.71 bits per heavy atom. The van der Waals surface area contributed by atoms with Crippen LogP contribution in [0.3, 0.4) is 0 Å². The minimum Gasteiger partial charge on any atom is -0.486 e. The molecule has 0 amide bonds. The van der Waals surface area contributed by atoms with Gasteiger partial charge in [-0.1, -0.05) is 6.07 Å². The molecule has 1 aromatic heterocycles. The SMILES string of the molecule is CNc1cc(C)nc(COc2ccc3c(c2)CCCC3)n1. The zero-order valence-corrected chi connectivity index (χ0v) is 12.6. The number of nitrogens with one attached hydrogen (secondary N) is 1. The lowest BCUT2D eigenvalue weighted by Crippen LogP contribution is -2.06. The monoisotopic (exact) mass is 283 g/mol. The van der Waals surface area contributed by atoms with E-state index in [1.807, 2.05) is 20.0 Å². The van der Waals surface area contributed by atoms with Crippen molar-refractivity contribution in [3.63, 3.8) is 0 Å². The van der Waals surface area contributed by atoms with E-state index in [9.17, 15) is 0 Å². The van der Waals surface area contributed by atoms with E-state index >= 15 is 0 Å². The molecular weight excluding hydrogens is 262 g/mol. The van der Waals surface area contributed by atoms with Gasteiger partial charge in [0.15, 0.2) is 5.82 Å². The van der Waals surface area contributed by atoms with Crippen LogP contribution in [0.2, 0.25) is 0 Å². The average molecular weight is 283 g/mol. The summed E-state index contributed by atoms with van der Waals surface area (Å²) in [4.78, 5) is 8.82. The molecule has 2 aromatic rings. The van der Waals surface area contributed by atoms with Crippen LogP contribution in [0.4, 0.5) is 5.82 Å². The first-order chi connectivity index (χ1) is 10.2. The van der Waals surface area contributed by atoms with Crippen molar-refractivity contribution >= 4 is 5.82 Å². The molecule has 1 N–H and O–H groups in total. The van der Waals surface area contributed by atoms with E-state index in [2.05, 4.69) is 33.5 Å². The van der Waals surface area contributed by atoms with Gasteiger partial charge in [-0.3, -0.25) is 0 Å². The second-order valence-electron chi connectivity index (χ2n) is 5.49. The Balaban J connectivity index is 1.71. The van der Waals surface area contributed by atoms with Crippen LogP contribution < -0.4 is 10.1 Å². The van der Waals surface area contributed by atoms with Gasteiger partial charge in [0.05, 0.1) is 0 Å². The second-order valence-corrected chi connectivity index (χ2v) is 5.49. The zero-order chi connectivity index (χ0) is 14.7. The summed E-state index contributed by atoms with van der Waals surface area (Å²) >= 11 is 0. The van der Waals surface area contributed by atoms with Crippen molar-refractivity contribution in [1.29, 1.82) is 0 Å². The largest absolute Gasteiger partial charge is 0.486 e. The third-order valence-corrected chi connectivity index (χ3v) is 3.84. The van der Waals surface area contributed by atoms with Gasteiger partial charge in [-0.05, 0) is 55.9 Å². The Labute approximate surface area is 125 Å². The number of nitrogens with zero attached hydrogens (tertiary/aromatic N) is 2. The van der Waals surface area contributed by atoms with Crippen LogP contribution in [-0.2, 0) is 19.4 Å². The number of anilines is 1. The second kappa shape index (κ2) is 6.12. The lowest BCUT2D eigenvalue weighted by molar-refractivity contribution is 0.295. The maximum absolute atomic E-state index is 5.86. The fraction of sp³-hybridized carbons (Fsp3) is 0.412. The number of aromatic nitrogens is 2. The van der Waals surface area contributed by atoms with Crippen molar-refractivity contribution in [2.75, 3.05) is 12.4 Å². The van der Waals surface area contributed by atoms with Crippen molar-refractivity contribution in [2.24, 2.45) is 0 Å². The molecule has 0 bridgehead atoms. The predicted octanol–water partition coefficient (Wildman–Crippen LogP) is 3.28. The van der Waals surface area contributed by atoms with Crippen LogP contribution in [0.5, 0.6) is 5.75 Å². The minimum absolute atomic E-state index is 0.398. The third-order valence-electron chi connectivity index (χ3n) is 3.84. The molecule has 0 saturated heterocycles. The van der Waals surface area contributed by atoms with Gasteiger partial charge in [0.2, 0.25) is 0 Å². The van der Waals surface area contributed by atoms with E-state index in [0.717, 1.165) is 23.7 Å². The molecule has 0 radical (unpaired) electrons. The number of rotatable bonds is 4. The molecule has 1 aliphatic rings. The van der Waals surface area contributed by atoms with Crippen LogP contribution in [0, 0.1) is 6.92 Å². The molecule has 1 aromatic carbocycles. The van der Waals surface area contributed by atoms with E-state index in [0.29, 0.717) is 12.4 Å². The Morgan fingerprint density at radius 2 is 1.90 bits per heavy atom. The molecule has 3 rings (SSSR count). The highest BCUT2D eigenvalue weighted by Crippen LogP contribution is 2.25. The number of aryl methyl sites for hydroxylation is 3. The first kappa shape index (κ1) is 13.9. The number of hydrogen-bond donors (Lipinski definition) is 1. The summed E-state index contributed by atoms with van der Waals surface area (Å²) in [5.74, 6) is 2.44. The van der Waals surface area contributed by atoms with Crippen molar-refractivity contribution in [2.45, 2.75) is 39.2 Å². The Bertz CT molecular complexity index is 640. The molecule has 0 atom stereocenters. The van der Waals surface area contributed by atoms with Crippen LogP contribution in [0.15, 0.2) is 24.3 Å². The number of fused-ring (bicyclic) bond motifs is 1. The molecule has 110 valence electrons. The minimum atomic E-state index is 0.398. The molecule has 0 unspecified atom stereocenters.